The molecule has 0 atom stereocenters. The van der Waals surface area contributed by atoms with E-state index in [0.717, 1.165) is 32.6 Å². The van der Waals surface area contributed by atoms with Crippen LogP contribution in [0.15, 0.2) is 6.20 Å². The van der Waals surface area contributed by atoms with Gasteiger partial charge in [0.15, 0.2) is 0 Å². The van der Waals surface area contributed by atoms with Crippen LogP contribution >= 0.6 is 0 Å². The lowest BCUT2D eigenvalue weighted by atomic mass is 10.3. The van der Waals surface area contributed by atoms with Gasteiger partial charge in [0.25, 0.3) is 0 Å². The number of aryl methyl sites for hydroxylation is 1. The fraction of sp³-hybridized carbons (Fsp3) is 0.769. The van der Waals surface area contributed by atoms with Gasteiger partial charge < -0.3 is 10.2 Å². The third-order valence-corrected chi connectivity index (χ3v) is 3.18. The van der Waals surface area contributed by atoms with Crippen molar-refractivity contribution in [3.05, 3.63) is 17.7 Å². The summed E-state index contributed by atoms with van der Waals surface area (Å²) in [6, 6.07) is 0. The molecule has 0 amide bonds. The number of hydrogen-bond acceptors (Lipinski definition) is 3. The largest absolute Gasteiger partial charge is 0.312 e. The molecule has 104 valence electrons. The lowest BCUT2D eigenvalue weighted by Crippen LogP contribution is -2.27. The van der Waals surface area contributed by atoms with Gasteiger partial charge in [0.1, 0.15) is 0 Å². The Bertz CT molecular complexity index is 334. The van der Waals surface area contributed by atoms with Crippen LogP contribution in [0, 0.1) is 5.95 Å². The summed E-state index contributed by atoms with van der Waals surface area (Å²) >= 11 is 0. The molecule has 1 aromatic heterocycles. The van der Waals surface area contributed by atoms with Gasteiger partial charge in [-0.1, -0.05) is 13.8 Å². The van der Waals surface area contributed by atoms with Crippen molar-refractivity contribution < 1.29 is 4.39 Å². The predicted octanol–water partition coefficient (Wildman–Crippen LogP) is 1.86. The Hall–Kier alpha value is -0.940. The van der Waals surface area contributed by atoms with E-state index in [2.05, 4.69) is 29.2 Å². The van der Waals surface area contributed by atoms with Gasteiger partial charge in [0.2, 0.25) is 5.95 Å². The molecule has 0 unspecified atom stereocenters. The molecular formula is C13H25FN4. The van der Waals surface area contributed by atoms with Crippen LogP contribution in [0.2, 0.25) is 0 Å². The number of rotatable bonds is 9. The molecule has 1 rings (SSSR count). The Balaban J connectivity index is 2.19. The van der Waals surface area contributed by atoms with Crippen molar-refractivity contribution in [3.8, 4) is 0 Å². The molecule has 1 aromatic rings. The quantitative estimate of drug-likeness (QED) is 0.685. The Labute approximate surface area is 109 Å². The first kappa shape index (κ1) is 15.1. The highest BCUT2D eigenvalue weighted by molar-refractivity contribution is 5.06. The molecule has 0 saturated heterocycles. The number of aromatic nitrogens is 2. The molecule has 0 aromatic carbocycles. The maximum Gasteiger partial charge on any atom is 0.215 e. The Morgan fingerprint density at radius 3 is 2.61 bits per heavy atom. The summed E-state index contributed by atoms with van der Waals surface area (Å²) in [5.41, 5.74) is 0.652. The molecule has 0 aliphatic heterocycles. The summed E-state index contributed by atoms with van der Waals surface area (Å²) in [7, 11) is 0. The highest BCUT2D eigenvalue weighted by atomic mass is 19.1. The molecule has 18 heavy (non-hydrogen) atoms. The average Bonchev–Trinajstić information content (AvgIpc) is 2.75. The summed E-state index contributed by atoms with van der Waals surface area (Å²) in [5, 5.41) is 7.24. The maximum atomic E-state index is 13.6. The van der Waals surface area contributed by atoms with Crippen LogP contribution in [-0.4, -0.2) is 40.9 Å². The van der Waals surface area contributed by atoms with Gasteiger partial charge in [-0.05, 0) is 39.5 Å². The standard InChI is InChI=1S/C13H25FN4/c1-4-17(5-2)9-7-8-15-10-12-11-16-18(6-3)13(12)14/h11,15H,4-10H2,1-3H3. The zero-order chi connectivity index (χ0) is 13.4. The molecule has 0 aliphatic carbocycles. The predicted molar refractivity (Wildman–Crippen MR) is 72.0 cm³/mol. The second-order valence-corrected chi connectivity index (χ2v) is 4.33. The summed E-state index contributed by atoms with van der Waals surface area (Å²) in [4.78, 5) is 2.39. The van der Waals surface area contributed by atoms with E-state index in [-0.39, 0.29) is 5.95 Å². The smallest absolute Gasteiger partial charge is 0.215 e. The van der Waals surface area contributed by atoms with E-state index in [4.69, 9.17) is 0 Å². The highest BCUT2D eigenvalue weighted by Crippen LogP contribution is 2.05. The van der Waals surface area contributed by atoms with Gasteiger partial charge in [0, 0.05) is 18.7 Å². The van der Waals surface area contributed by atoms with Gasteiger partial charge in [-0.15, -0.1) is 0 Å². The first-order valence-electron chi connectivity index (χ1n) is 6.86. The van der Waals surface area contributed by atoms with Crippen molar-refractivity contribution in [1.29, 1.82) is 0 Å². The Morgan fingerprint density at radius 2 is 2.06 bits per heavy atom. The van der Waals surface area contributed by atoms with Crippen LogP contribution in [0.4, 0.5) is 4.39 Å². The zero-order valence-electron chi connectivity index (χ0n) is 11.7. The SMILES string of the molecule is CCN(CC)CCCNCc1cnn(CC)c1F. The Kier molecular flexibility index (Phi) is 6.90. The third-order valence-electron chi connectivity index (χ3n) is 3.18. The molecule has 0 fully saturated rings. The lowest BCUT2D eigenvalue weighted by molar-refractivity contribution is 0.298. The number of halogens is 1. The fourth-order valence-electron chi connectivity index (χ4n) is 1.94. The number of nitrogens with zero attached hydrogens (tertiary/aromatic N) is 3. The van der Waals surface area contributed by atoms with Crippen molar-refractivity contribution in [1.82, 2.24) is 20.0 Å². The minimum absolute atomic E-state index is 0.214. The van der Waals surface area contributed by atoms with E-state index in [9.17, 15) is 4.39 Å². The summed E-state index contributed by atoms with van der Waals surface area (Å²) < 4.78 is 15.0. The molecule has 0 saturated carbocycles. The summed E-state index contributed by atoms with van der Waals surface area (Å²) in [6.45, 7) is 11.6. The summed E-state index contributed by atoms with van der Waals surface area (Å²) in [5.74, 6) is -0.214. The normalized spacial score (nSPS) is 11.4. The average molecular weight is 256 g/mol. The monoisotopic (exact) mass is 256 g/mol. The van der Waals surface area contributed by atoms with E-state index in [0.29, 0.717) is 18.7 Å². The molecule has 0 aliphatic rings. The number of hydrogen-bond donors (Lipinski definition) is 1. The van der Waals surface area contributed by atoms with E-state index in [1.807, 2.05) is 6.92 Å². The molecule has 1 heterocycles. The van der Waals surface area contributed by atoms with Gasteiger partial charge in [-0.3, -0.25) is 0 Å². The summed E-state index contributed by atoms with van der Waals surface area (Å²) in [6.07, 6.45) is 2.70. The van der Waals surface area contributed by atoms with E-state index >= 15 is 0 Å². The van der Waals surface area contributed by atoms with Crippen LogP contribution in [0.25, 0.3) is 0 Å². The second-order valence-electron chi connectivity index (χ2n) is 4.33. The molecule has 0 bridgehead atoms. The zero-order valence-corrected chi connectivity index (χ0v) is 11.7. The van der Waals surface area contributed by atoms with Crippen molar-refractivity contribution in [2.24, 2.45) is 0 Å². The van der Waals surface area contributed by atoms with Crippen LogP contribution in [0.3, 0.4) is 0 Å². The molecular weight excluding hydrogens is 231 g/mol. The van der Waals surface area contributed by atoms with E-state index < -0.39 is 0 Å². The molecule has 5 heteroatoms. The lowest BCUT2D eigenvalue weighted by Gasteiger charge is -2.17. The molecule has 4 nitrogen and oxygen atoms in total. The second kappa shape index (κ2) is 8.21. The van der Waals surface area contributed by atoms with E-state index in [1.54, 1.807) is 6.20 Å². The van der Waals surface area contributed by atoms with Crippen molar-refractivity contribution in [2.75, 3.05) is 26.2 Å². The van der Waals surface area contributed by atoms with Crippen molar-refractivity contribution >= 4 is 0 Å². The van der Waals surface area contributed by atoms with Crippen LogP contribution < -0.4 is 5.32 Å². The van der Waals surface area contributed by atoms with Gasteiger partial charge in [-0.2, -0.15) is 9.49 Å². The minimum atomic E-state index is -0.214. The minimum Gasteiger partial charge on any atom is -0.312 e. The van der Waals surface area contributed by atoms with Gasteiger partial charge in [0.05, 0.1) is 6.20 Å². The van der Waals surface area contributed by atoms with Gasteiger partial charge in [-0.25, -0.2) is 4.68 Å². The highest BCUT2D eigenvalue weighted by Gasteiger charge is 2.08. The Morgan fingerprint density at radius 1 is 1.33 bits per heavy atom. The van der Waals surface area contributed by atoms with E-state index in [1.165, 1.54) is 4.68 Å². The number of nitrogens with one attached hydrogen (secondary N) is 1. The fourth-order valence-corrected chi connectivity index (χ4v) is 1.94. The van der Waals surface area contributed by atoms with Crippen LogP contribution in [0.5, 0.6) is 0 Å². The van der Waals surface area contributed by atoms with Crippen LogP contribution in [0.1, 0.15) is 32.8 Å². The van der Waals surface area contributed by atoms with Crippen molar-refractivity contribution in [3.63, 3.8) is 0 Å². The van der Waals surface area contributed by atoms with Gasteiger partial charge >= 0.3 is 0 Å². The first-order valence-corrected chi connectivity index (χ1v) is 6.86. The molecule has 0 radical (unpaired) electrons. The maximum absolute atomic E-state index is 13.6. The topological polar surface area (TPSA) is 33.1 Å². The van der Waals surface area contributed by atoms with Crippen LogP contribution in [-0.2, 0) is 13.1 Å². The third kappa shape index (κ3) is 4.38. The molecule has 0 spiro atoms. The molecule has 1 N–H and O–H groups in total. The first-order chi connectivity index (χ1) is 8.72. The van der Waals surface area contributed by atoms with Crippen molar-refractivity contribution in [2.45, 2.75) is 40.3 Å².